The Morgan fingerprint density at radius 2 is 2.10 bits per heavy atom. The fourth-order valence-corrected chi connectivity index (χ4v) is 2.75. The Labute approximate surface area is 129 Å². The molecule has 1 rings (SSSR count). The fraction of sp³-hybridized carbons (Fsp3) is 0.562. The molecule has 1 N–H and O–H groups in total. The average molecular weight is 311 g/mol. The summed E-state index contributed by atoms with van der Waals surface area (Å²) < 4.78 is 17.5. The molecule has 0 aliphatic rings. The van der Waals surface area contributed by atoms with Gasteiger partial charge in [0.2, 0.25) is 5.91 Å². The molecule has 0 saturated heterocycles. The number of amides is 1. The SMILES string of the molecule is CCC(C)(C)NC(=O)[C@H](C)[S@@](=O)Cc1cccc(OC)c1. The molecule has 118 valence electrons. The van der Waals surface area contributed by atoms with E-state index in [0.717, 1.165) is 17.7 Å². The van der Waals surface area contributed by atoms with Gasteiger partial charge in [-0.15, -0.1) is 0 Å². The Morgan fingerprint density at radius 1 is 1.43 bits per heavy atom. The molecular weight excluding hydrogens is 286 g/mol. The second-order valence-corrected chi connectivity index (χ2v) is 7.50. The van der Waals surface area contributed by atoms with Crippen molar-refractivity contribution in [3.63, 3.8) is 0 Å². The largest absolute Gasteiger partial charge is 0.497 e. The second-order valence-electron chi connectivity index (χ2n) is 5.75. The van der Waals surface area contributed by atoms with Crippen LogP contribution in [0.5, 0.6) is 5.75 Å². The maximum Gasteiger partial charge on any atom is 0.235 e. The fourth-order valence-electron chi connectivity index (χ4n) is 1.69. The van der Waals surface area contributed by atoms with Gasteiger partial charge in [0.1, 0.15) is 11.0 Å². The van der Waals surface area contributed by atoms with Gasteiger partial charge in [-0.3, -0.25) is 9.00 Å². The number of hydrogen-bond acceptors (Lipinski definition) is 3. The lowest BCUT2D eigenvalue weighted by Crippen LogP contribution is -2.47. The summed E-state index contributed by atoms with van der Waals surface area (Å²) in [6.07, 6.45) is 0.827. The minimum Gasteiger partial charge on any atom is -0.497 e. The molecule has 4 nitrogen and oxygen atoms in total. The van der Waals surface area contributed by atoms with Gasteiger partial charge in [-0.05, 0) is 44.9 Å². The molecule has 0 aliphatic heterocycles. The van der Waals surface area contributed by atoms with E-state index in [1.165, 1.54) is 0 Å². The molecule has 0 heterocycles. The second kappa shape index (κ2) is 7.59. The topological polar surface area (TPSA) is 55.4 Å². The molecular formula is C16H25NO3S. The van der Waals surface area contributed by atoms with Crippen LogP contribution in [-0.2, 0) is 21.3 Å². The van der Waals surface area contributed by atoms with Gasteiger partial charge < -0.3 is 10.1 Å². The number of ether oxygens (including phenoxy) is 1. The van der Waals surface area contributed by atoms with E-state index in [0.29, 0.717) is 5.75 Å². The highest BCUT2D eigenvalue weighted by atomic mass is 32.2. The van der Waals surface area contributed by atoms with Crippen LogP contribution in [0.25, 0.3) is 0 Å². The van der Waals surface area contributed by atoms with Crippen molar-refractivity contribution in [3.8, 4) is 5.75 Å². The quantitative estimate of drug-likeness (QED) is 0.842. The highest BCUT2D eigenvalue weighted by molar-refractivity contribution is 7.85. The maximum absolute atomic E-state index is 12.3. The van der Waals surface area contributed by atoms with Crippen molar-refractivity contribution >= 4 is 16.7 Å². The van der Waals surface area contributed by atoms with Gasteiger partial charge in [0.05, 0.1) is 7.11 Å². The van der Waals surface area contributed by atoms with Crippen LogP contribution in [0.3, 0.4) is 0 Å². The summed E-state index contributed by atoms with van der Waals surface area (Å²) in [6.45, 7) is 7.64. The molecule has 1 aromatic rings. The Bertz CT molecular complexity index is 514. The molecule has 5 heteroatoms. The van der Waals surface area contributed by atoms with Crippen LogP contribution in [0.15, 0.2) is 24.3 Å². The van der Waals surface area contributed by atoms with E-state index in [1.807, 2.05) is 45.0 Å². The normalized spacial score (nSPS) is 14.3. The van der Waals surface area contributed by atoms with Crippen molar-refractivity contribution in [2.75, 3.05) is 7.11 Å². The lowest BCUT2D eigenvalue weighted by molar-refractivity contribution is -0.121. The van der Waals surface area contributed by atoms with E-state index in [1.54, 1.807) is 14.0 Å². The Morgan fingerprint density at radius 3 is 2.67 bits per heavy atom. The third-order valence-electron chi connectivity index (χ3n) is 3.55. The first-order valence-corrected chi connectivity index (χ1v) is 8.49. The zero-order valence-corrected chi connectivity index (χ0v) is 14.3. The first-order chi connectivity index (χ1) is 9.79. The van der Waals surface area contributed by atoms with Gasteiger partial charge in [0.15, 0.2) is 0 Å². The zero-order valence-electron chi connectivity index (χ0n) is 13.4. The minimum atomic E-state index is -1.26. The van der Waals surface area contributed by atoms with Crippen molar-refractivity contribution in [2.45, 2.75) is 50.7 Å². The molecule has 0 aliphatic carbocycles. The van der Waals surface area contributed by atoms with Crippen LogP contribution in [0.4, 0.5) is 0 Å². The summed E-state index contributed by atoms with van der Waals surface area (Å²) in [6, 6.07) is 7.43. The molecule has 2 atom stereocenters. The Kier molecular flexibility index (Phi) is 6.40. The highest BCUT2D eigenvalue weighted by Gasteiger charge is 2.25. The summed E-state index contributed by atoms with van der Waals surface area (Å²) in [5, 5.41) is 2.40. The molecule has 0 spiro atoms. The van der Waals surface area contributed by atoms with Gasteiger partial charge in [-0.2, -0.15) is 0 Å². The number of hydrogen-bond donors (Lipinski definition) is 1. The summed E-state index contributed by atoms with van der Waals surface area (Å²) in [5.41, 5.74) is 0.632. The van der Waals surface area contributed by atoms with Crippen LogP contribution in [0.1, 0.15) is 39.7 Å². The van der Waals surface area contributed by atoms with E-state index < -0.39 is 16.0 Å². The van der Waals surface area contributed by atoms with Crippen LogP contribution >= 0.6 is 0 Å². The van der Waals surface area contributed by atoms with E-state index in [9.17, 15) is 9.00 Å². The van der Waals surface area contributed by atoms with Gasteiger partial charge >= 0.3 is 0 Å². The van der Waals surface area contributed by atoms with Gasteiger partial charge in [0, 0.05) is 22.1 Å². The van der Waals surface area contributed by atoms with Crippen LogP contribution < -0.4 is 10.1 Å². The van der Waals surface area contributed by atoms with E-state index in [-0.39, 0.29) is 11.4 Å². The van der Waals surface area contributed by atoms with Crippen LogP contribution in [0, 0.1) is 0 Å². The summed E-state index contributed by atoms with van der Waals surface area (Å²) in [5.74, 6) is 0.912. The van der Waals surface area contributed by atoms with Gasteiger partial charge in [-0.25, -0.2) is 0 Å². The molecule has 0 aromatic heterocycles. The third kappa shape index (κ3) is 5.50. The zero-order chi connectivity index (χ0) is 16.0. The summed E-state index contributed by atoms with van der Waals surface area (Å²) >= 11 is 0. The third-order valence-corrected chi connectivity index (χ3v) is 5.17. The first-order valence-electron chi connectivity index (χ1n) is 7.11. The standard InChI is InChI=1S/C16H25NO3S/c1-6-16(3,4)17-15(18)12(2)21(19)11-13-8-7-9-14(10-13)20-5/h7-10,12H,6,11H2,1-5H3,(H,17,18)/t12-,21-/m0/s1. The summed E-state index contributed by atoms with van der Waals surface area (Å²) in [4.78, 5) is 12.1. The molecule has 0 unspecified atom stereocenters. The number of carbonyl (C=O) groups is 1. The van der Waals surface area contributed by atoms with Crippen LogP contribution in [0.2, 0.25) is 0 Å². The minimum absolute atomic E-state index is 0.164. The Hall–Kier alpha value is -1.36. The number of nitrogens with one attached hydrogen (secondary N) is 1. The smallest absolute Gasteiger partial charge is 0.235 e. The van der Waals surface area contributed by atoms with Crippen molar-refractivity contribution in [3.05, 3.63) is 29.8 Å². The Balaban J connectivity index is 2.68. The average Bonchev–Trinajstić information content (AvgIpc) is 2.46. The lowest BCUT2D eigenvalue weighted by atomic mass is 10.0. The van der Waals surface area contributed by atoms with E-state index in [2.05, 4.69) is 5.32 Å². The predicted molar refractivity (Wildman–Crippen MR) is 86.8 cm³/mol. The highest BCUT2D eigenvalue weighted by Crippen LogP contribution is 2.16. The molecule has 0 fully saturated rings. The summed E-state index contributed by atoms with van der Waals surface area (Å²) in [7, 11) is 0.336. The van der Waals surface area contributed by atoms with Crippen molar-refractivity contribution < 1.29 is 13.7 Å². The molecule has 0 radical (unpaired) electrons. The number of rotatable bonds is 7. The lowest BCUT2D eigenvalue weighted by Gasteiger charge is -2.26. The van der Waals surface area contributed by atoms with Crippen molar-refractivity contribution in [1.82, 2.24) is 5.32 Å². The van der Waals surface area contributed by atoms with E-state index >= 15 is 0 Å². The van der Waals surface area contributed by atoms with Crippen LogP contribution in [-0.4, -0.2) is 28.0 Å². The van der Waals surface area contributed by atoms with Gasteiger partial charge in [0.25, 0.3) is 0 Å². The predicted octanol–water partition coefficient (Wildman–Crippen LogP) is 2.64. The molecule has 1 amide bonds. The van der Waals surface area contributed by atoms with Crippen molar-refractivity contribution in [1.29, 1.82) is 0 Å². The van der Waals surface area contributed by atoms with Crippen molar-refractivity contribution in [2.24, 2.45) is 0 Å². The monoisotopic (exact) mass is 311 g/mol. The number of methoxy groups -OCH3 is 1. The molecule has 0 saturated carbocycles. The first kappa shape index (κ1) is 17.7. The number of benzene rings is 1. The molecule has 0 bridgehead atoms. The molecule has 21 heavy (non-hydrogen) atoms. The number of carbonyl (C=O) groups excluding carboxylic acids is 1. The molecule has 1 aromatic carbocycles. The maximum atomic E-state index is 12.3. The van der Waals surface area contributed by atoms with E-state index in [4.69, 9.17) is 4.74 Å². The van der Waals surface area contributed by atoms with Gasteiger partial charge in [-0.1, -0.05) is 19.1 Å².